The van der Waals surface area contributed by atoms with Crippen molar-refractivity contribution < 1.29 is 28.5 Å². The minimum Gasteiger partial charge on any atom is -0.490 e. The SMILES string of the molecule is CC(=O)Oc1c(C(=N)N)cccc1N1CC(COc2cccc(Oc3ccccc3)c2)OC1=O. The number of esters is 1. The van der Waals surface area contributed by atoms with E-state index in [4.69, 9.17) is 30.1 Å². The summed E-state index contributed by atoms with van der Waals surface area (Å²) < 4.78 is 22.4. The molecule has 9 heteroatoms. The van der Waals surface area contributed by atoms with E-state index in [0.717, 1.165) is 0 Å². The van der Waals surface area contributed by atoms with Crippen LogP contribution in [0, 0.1) is 5.41 Å². The van der Waals surface area contributed by atoms with E-state index in [-0.39, 0.29) is 36.0 Å². The summed E-state index contributed by atoms with van der Waals surface area (Å²) in [4.78, 5) is 25.5. The molecule has 9 nitrogen and oxygen atoms in total. The lowest BCUT2D eigenvalue weighted by molar-refractivity contribution is -0.131. The Labute approximate surface area is 196 Å². The highest BCUT2D eigenvalue weighted by Crippen LogP contribution is 2.35. The van der Waals surface area contributed by atoms with E-state index in [1.165, 1.54) is 17.9 Å². The van der Waals surface area contributed by atoms with Gasteiger partial charge in [-0.15, -0.1) is 0 Å². The Hall–Kier alpha value is -4.53. The first-order valence-corrected chi connectivity index (χ1v) is 10.5. The van der Waals surface area contributed by atoms with Gasteiger partial charge in [-0.25, -0.2) is 4.79 Å². The number of hydrogen-bond acceptors (Lipinski definition) is 7. The normalized spacial score (nSPS) is 14.9. The van der Waals surface area contributed by atoms with E-state index in [1.54, 1.807) is 30.3 Å². The van der Waals surface area contributed by atoms with E-state index in [1.807, 2.05) is 36.4 Å². The molecule has 3 aromatic carbocycles. The molecule has 1 fully saturated rings. The van der Waals surface area contributed by atoms with Gasteiger partial charge < -0.3 is 24.7 Å². The van der Waals surface area contributed by atoms with Crippen LogP contribution in [0.2, 0.25) is 0 Å². The molecule has 34 heavy (non-hydrogen) atoms. The zero-order chi connectivity index (χ0) is 24.1. The van der Waals surface area contributed by atoms with Gasteiger partial charge in [0, 0.05) is 13.0 Å². The molecule has 0 aliphatic carbocycles. The standard InChI is InChI=1S/C25H23N3O6/c1-16(29)32-23-21(24(26)27)11-6-12-22(23)28-14-20(34-25(28)30)15-31-18-9-5-10-19(13-18)33-17-7-3-2-4-8-17/h2-13,20H,14-15H2,1H3,(H3,26,27). The molecule has 0 spiro atoms. The van der Waals surface area contributed by atoms with E-state index >= 15 is 0 Å². The van der Waals surface area contributed by atoms with E-state index < -0.39 is 18.2 Å². The number of hydrogen-bond donors (Lipinski definition) is 2. The number of carbonyl (C=O) groups excluding carboxylic acids is 2. The summed E-state index contributed by atoms with van der Waals surface area (Å²) >= 11 is 0. The smallest absolute Gasteiger partial charge is 0.415 e. The highest BCUT2D eigenvalue weighted by Gasteiger charge is 2.35. The number of rotatable bonds is 8. The number of cyclic esters (lactones) is 1. The number of nitrogens with two attached hydrogens (primary N) is 1. The summed E-state index contributed by atoms with van der Waals surface area (Å²) in [5.74, 6) is 1.02. The van der Waals surface area contributed by atoms with Crippen LogP contribution in [0.5, 0.6) is 23.0 Å². The average Bonchev–Trinajstić information content (AvgIpc) is 3.18. The van der Waals surface area contributed by atoms with Crippen LogP contribution in [0.1, 0.15) is 12.5 Å². The number of anilines is 1. The first kappa shape index (κ1) is 22.7. The highest BCUT2D eigenvalue weighted by molar-refractivity contribution is 6.02. The Balaban J connectivity index is 1.44. The topological polar surface area (TPSA) is 124 Å². The van der Waals surface area contributed by atoms with Crippen LogP contribution in [0.25, 0.3) is 0 Å². The number of nitrogens with zero attached hydrogens (tertiary/aromatic N) is 1. The van der Waals surface area contributed by atoms with E-state index in [2.05, 4.69) is 0 Å². The summed E-state index contributed by atoms with van der Waals surface area (Å²) in [6, 6.07) is 21.3. The van der Waals surface area contributed by atoms with Crippen molar-refractivity contribution in [2.45, 2.75) is 13.0 Å². The number of ether oxygens (including phenoxy) is 4. The van der Waals surface area contributed by atoms with Crippen molar-refractivity contribution >= 4 is 23.6 Å². The Morgan fingerprint density at radius 1 is 1.06 bits per heavy atom. The van der Waals surface area contributed by atoms with Gasteiger partial charge >= 0.3 is 12.1 Å². The quantitative estimate of drug-likeness (QED) is 0.224. The van der Waals surface area contributed by atoms with Crippen LogP contribution in [-0.4, -0.2) is 37.2 Å². The largest absolute Gasteiger partial charge is 0.490 e. The molecule has 1 atom stereocenters. The van der Waals surface area contributed by atoms with Crippen LogP contribution >= 0.6 is 0 Å². The molecule has 0 saturated carbocycles. The Kier molecular flexibility index (Phi) is 6.63. The van der Waals surface area contributed by atoms with Gasteiger partial charge in [0.15, 0.2) is 11.9 Å². The maximum atomic E-state index is 12.6. The number of carbonyl (C=O) groups is 2. The molecule has 0 aromatic heterocycles. The lowest BCUT2D eigenvalue weighted by Crippen LogP contribution is -2.28. The van der Waals surface area contributed by atoms with Crippen LogP contribution < -0.4 is 24.8 Å². The van der Waals surface area contributed by atoms with E-state index in [0.29, 0.717) is 17.2 Å². The molecule has 3 N–H and O–H groups in total. The molecule has 1 heterocycles. The van der Waals surface area contributed by atoms with Gasteiger partial charge in [-0.2, -0.15) is 0 Å². The van der Waals surface area contributed by atoms with Crippen molar-refractivity contribution in [1.82, 2.24) is 0 Å². The Morgan fingerprint density at radius 3 is 2.50 bits per heavy atom. The fourth-order valence-corrected chi connectivity index (χ4v) is 3.45. The average molecular weight is 461 g/mol. The number of amidine groups is 1. The molecule has 4 rings (SSSR count). The molecular formula is C25H23N3O6. The first-order chi connectivity index (χ1) is 16.4. The molecule has 0 radical (unpaired) electrons. The van der Waals surface area contributed by atoms with Gasteiger partial charge in [0.1, 0.15) is 29.7 Å². The summed E-state index contributed by atoms with van der Waals surface area (Å²) in [6.45, 7) is 1.50. The zero-order valence-electron chi connectivity index (χ0n) is 18.4. The molecule has 1 aliphatic heterocycles. The minimum absolute atomic E-state index is 0.0341. The van der Waals surface area contributed by atoms with Crippen LogP contribution in [0.15, 0.2) is 72.8 Å². The lowest BCUT2D eigenvalue weighted by atomic mass is 10.1. The number of para-hydroxylation sites is 2. The van der Waals surface area contributed by atoms with Crippen LogP contribution in [0.3, 0.4) is 0 Å². The van der Waals surface area contributed by atoms with Gasteiger partial charge in [0.2, 0.25) is 0 Å². The number of benzene rings is 3. The monoisotopic (exact) mass is 461 g/mol. The molecule has 1 amide bonds. The predicted molar refractivity (Wildman–Crippen MR) is 125 cm³/mol. The Bertz CT molecular complexity index is 1210. The van der Waals surface area contributed by atoms with Crippen molar-refractivity contribution in [1.29, 1.82) is 5.41 Å². The third kappa shape index (κ3) is 5.26. The second-order valence-electron chi connectivity index (χ2n) is 7.48. The number of nitrogen functional groups attached to an aromatic ring is 1. The summed E-state index contributed by atoms with van der Waals surface area (Å²) in [5, 5.41) is 7.75. The number of amides is 1. The van der Waals surface area contributed by atoms with Crippen molar-refractivity contribution in [2.75, 3.05) is 18.1 Å². The molecule has 1 unspecified atom stereocenters. The molecule has 1 aliphatic rings. The fraction of sp³-hybridized carbons (Fsp3) is 0.160. The van der Waals surface area contributed by atoms with Gasteiger partial charge in [0.25, 0.3) is 0 Å². The Morgan fingerprint density at radius 2 is 1.76 bits per heavy atom. The lowest BCUT2D eigenvalue weighted by Gasteiger charge is -2.19. The highest BCUT2D eigenvalue weighted by atomic mass is 16.6. The third-order valence-electron chi connectivity index (χ3n) is 4.92. The molecule has 1 saturated heterocycles. The van der Waals surface area contributed by atoms with Crippen LogP contribution in [-0.2, 0) is 9.53 Å². The maximum absolute atomic E-state index is 12.6. The second kappa shape index (κ2) is 9.95. The van der Waals surface area contributed by atoms with Crippen LogP contribution in [0.4, 0.5) is 10.5 Å². The second-order valence-corrected chi connectivity index (χ2v) is 7.48. The molecular weight excluding hydrogens is 438 g/mol. The number of nitrogens with one attached hydrogen (secondary N) is 1. The van der Waals surface area contributed by atoms with Crippen molar-refractivity contribution in [3.63, 3.8) is 0 Å². The summed E-state index contributed by atoms with van der Waals surface area (Å²) in [5.41, 5.74) is 6.11. The fourth-order valence-electron chi connectivity index (χ4n) is 3.45. The van der Waals surface area contributed by atoms with Gasteiger partial charge in [0.05, 0.1) is 17.8 Å². The summed E-state index contributed by atoms with van der Waals surface area (Å²) in [6.07, 6.45) is -1.19. The maximum Gasteiger partial charge on any atom is 0.415 e. The first-order valence-electron chi connectivity index (χ1n) is 10.5. The van der Waals surface area contributed by atoms with E-state index in [9.17, 15) is 9.59 Å². The molecule has 3 aromatic rings. The van der Waals surface area contributed by atoms with Gasteiger partial charge in [-0.3, -0.25) is 15.1 Å². The molecule has 0 bridgehead atoms. The van der Waals surface area contributed by atoms with Gasteiger partial charge in [-0.1, -0.05) is 30.3 Å². The zero-order valence-corrected chi connectivity index (χ0v) is 18.4. The van der Waals surface area contributed by atoms with Crippen molar-refractivity contribution in [3.8, 4) is 23.0 Å². The summed E-state index contributed by atoms with van der Waals surface area (Å²) in [7, 11) is 0. The van der Waals surface area contributed by atoms with Gasteiger partial charge in [-0.05, 0) is 36.4 Å². The third-order valence-corrected chi connectivity index (χ3v) is 4.92. The molecule has 174 valence electrons. The predicted octanol–water partition coefficient (Wildman–Crippen LogP) is 4.09. The van der Waals surface area contributed by atoms with Crippen molar-refractivity contribution in [2.24, 2.45) is 5.73 Å². The minimum atomic E-state index is -0.621. The van der Waals surface area contributed by atoms with Crippen molar-refractivity contribution in [3.05, 3.63) is 78.4 Å².